The van der Waals surface area contributed by atoms with E-state index in [1.807, 2.05) is 0 Å². The van der Waals surface area contributed by atoms with Crippen LogP contribution in [0.5, 0.6) is 11.5 Å². The minimum absolute atomic E-state index is 0.000247. The highest BCUT2D eigenvalue weighted by molar-refractivity contribution is 7.91. The Morgan fingerprint density at radius 3 is 2.40 bits per heavy atom. The Morgan fingerprint density at radius 2 is 1.84 bits per heavy atom. The molecule has 0 saturated carbocycles. The molecule has 0 N–H and O–H groups in total. The standard InChI is InChI=1S/C15H11Cl2F3O4S/c1-23-7-11-13(25(21,22)15(19)20)3-2-12(14(11)17)24-10-5-8(16)4-9(18)6-10/h2-6,15H,7H2,1H3. The van der Waals surface area contributed by atoms with Crippen LogP contribution in [-0.2, 0) is 21.2 Å². The molecule has 0 aromatic heterocycles. The normalized spacial score (nSPS) is 11.8. The maximum absolute atomic E-state index is 13.4. The molecular weight excluding hydrogens is 404 g/mol. The van der Waals surface area contributed by atoms with Gasteiger partial charge >= 0.3 is 5.76 Å². The molecular formula is C15H11Cl2F3O4S. The monoisotopic (exact) mass is 414 g/mol. The summed E-state index contributed by atoms with van der Waals surface area (Å²) in [5, 5.41) is -0.177. The predicted molar refractivity (Wildman–Crippen MR) is 86.8 cm³/mol. The number of halogens is 5. The smallest absolute Gasteiger partial charge is 0.341 e. The Labute approximate surface area is 152 Å². The van der Waals surface area contributed by atoms with Crippen molar-refractivity contribution < 1.29 is 31.1 Å². The second-order valence-corrected chi connectivity index (χ2v) is 7.50. The van der Waals surface area contributed by atoms with Crippen LogP contribution in [0.3, 0.4) is 0 Å². The second kappa shape index (κ2) is 7.82. The van der Waals surface area contributed by atoms with Gasteiger partial charge in [-0.05, 0) is 24.3 Å². The van der Waals surface area contributed by atoms with Crippen molar-refractivity contribution in [2.24, 2.45) is 0 Å². The number of hydrogen-bond acceptors (Lipinski definition) is 4. The van der Waals surface area contributed by atoms with Gasteiger partial charge in [-0.15, -0.1) is 0 Å². The average Bonchev–Trinajstić information content (AvgIpc) is 2.50. The molecule has 0 radical (unpaired) electrons. The minimum atomic E-state index is -4.89. The summed E-state index contributed by atoms with van der Waals surface area (Å²) in [5.74, 6) is -4.34. The molecule has 0 heterocycles. The van der Waals surface area contributed by atoms with Gasteiger partial charge in [0.05, 0.1) is 16.5 Å². The van der Waals surface area contributed by atoms with Gasteiger partial charge in [-0.2, -0.15) is 8.78 Å². The molecule has 0 bridgehead atoms. The molecule has 136 valence electrons. The first-order valence-electron chi connectivity index (χ1n) is 6.63. The lowest BCUT2D eigenvalue weighted by molar-refractivity contribution is 0.182. The second-order valence-electron chi connectivity index (χ2n) is 4.80. The SMILES string of the molecule is COCc1c(S(=O)(=O)C(F)F)ccc(Oc2cc(F)cc(Cl)c2)c1Cl. The van der Waals surface area contributed by atoms with Crippen molar-refractivity contribution in [2.75, 3.05) is 7.11 Å². The van der Waals surface area contributed by atoms with Crippen LogP contribution in [0.4, 0.5) is 13.2 Å². The third-order valence-electron chi connectivity index (χ3n) is 3.06. The Morgan fingerprint density at radius 1 is 1.16 bits per heavy atom. The summed E-state index contributed by atoms with van der Waals surface area (Å²) in [5.41, 5.74) is -0.190. The van der Waals surface area contributed by atoms with E-state index in [-0.39, 0.29) is 33.7 Å². The number of benzene rings is 2. The zero-order valence-corrected chi connectivity index (χ0v) is 14.9. The van der Waals surface area contributed by atoms with E-state index in [4.69, 9.17) is 32.7 Å². The lowest BCUT2D eigenvalue weighted by Crippen LogP contribution is -2.14. The zero-order chi connectivity index (χ0) is 18.8. The quantitative estimate of drug-likeness (QED) is 0.662. The summed E-state index contributed by atoms with van der Waals surface area (Å²) in [4.78, 5) is -0.668. The number of hydrogen-bond donors (Lipinski definition) is 0. The summed E-state index contributed by atoms with van der Waals surface area (Å²) < 4.78 is 72.8. The van der Waals surface area contributed by atoms with Crippen LogP contribution in [0.2, 0.25) is 10.0 Å². The van der Waals surface area contributed by atoms with Crippen LogP contribution >= 0.6 is 23.2 Å². The van der Waals surface area contributed by atoms with E-state index in [9.17, 15) is 21.6 Å². The molecule has 2 aromatic rings. The Balaban J connectivity index is 2.53. The van der Waals surface area contributed by atoms with Crippen LogP contribution in [0.15, 0.2) is 35.2 Å². The van der Waals surface area contributed by atoms with Gasteiger partial charge in [-0.3, -0.25) is 0 Å². The van der Waals surface area contributed by atoms with E-state index >= 15 is 0 Å². The number of methoxy groups -OCH3 is 1. The first-order valence-corrected chi connectivity index (χ1v) is 8.93. The number of ether oxygens (including phenoxy) is 2. The van der Waals surface area contributed by atoms with E-state index in [1.165, 1.54) is 13.2 Å². The highest BCUT2D eigenvalue weighted by Gasteiger charge is 2.31. The van der Waals surface area contributed by atoms with Gasteiger partial charge in [0.1, 0.15) is 17.3 Å². The zero-order valence-electron chi connectivity index (χ0n) is 12.6. The van der Waals surface area contributed by atoms with Gasteiger partial charge in [0.25, 0.3) is 0 Å². The number of rotatable bonds is 6. The Bertz CT molecular complexity index is 868. The summed E-state index contributed by atoms with van der Waals surface area (Å²) in [6.45, 7) is -0.346. The Hall–Kier alpha value is -1.48. The van der Waals surface area contributed by atoms with E-state index in [0.29, 0.717) is 0 Å². The van der Waals surface area contributed by atoms with Gasteiger partial charge in [0, 0.05) is 23.8 Å². The van der Waals surface area contributed by atoms with Crippen LogP contribution in [0.25, 0.3) is 0 Å². The van der Waals surface area contributed by atoms with Gasteiger partial charge in [0.2, 0.25) is 9.84 Å². The summed E-state index contributed by atoms with van der Waals surface area (Å²) in [7, 11) is -3.64. The fourth-order valence-corrected chi connectivity index (χ4v) is 3.50. The van der Waals surface area contributed by atoms with Gasteiger partial charge in [-0.1, -0.05) is 23.2 Å². The molecule has 10 heteroatoms. The van der Waals surface area contributed by atoms with Crippen molar-refractivity contribution in [3.05, 3.63) is 51.8 Å². The summed E-state index contributed by atoms with van der Waals surface area (Å²) in [6, 6.07) is 5.42. The fraction of sp³-hybridized carbons (Fsp3) is 0.200. The van der Waals surface area contributed by atoms with E-state index in [2.05, 4.69) is 0 Å². The third kappa shape index (κ3) is 4.38. The molecule has 0 atom stereocenters. The predicted octanol–water partition coefficient (Wildman–Crippen LogP) is 5.07. The van der Waals surface area contributed by atoms with Crippen LogP contribution < -0.4 is 4.74 Å². The van der Waals surface area contributed by atoms with Gasteiger partial charge in [-0.25, -0.2) is 12.8 Å². The minimum Gasteiger partial charge on any atom is -0.456 e. The first-order chi connectivity index (χ1) is 11.7. The first kappa shape index (κ1) is 19.8. The van der Waals surface area contributed by atoms with E-state index < -0.39 is 26.3 Å². The maximum atomic E-state index is 13.4. The third-order valence-corrected chi connectivity index (χ3v) is 5.16. The number of alkyl halides is 2. The lowest BCUT2D eigenvalue weighted by Gasteiger charge is -2.15. The Kier molecular flexibility index (Phi) is 6.21. The molecule has 0 unspecified atom stereocenters. The fourth-order valence-electron chi connectivity index (χ4n) is 2.02. The van der Waals surface area contributed by atoms with Crippen molar-refractivity contribution in [1.82, 2.24) is 0 Å². The molecule has 0 saturated heterocycles. The van der Waals surface area contributed by atoms with Crippen molar-refractivity contribution in [2.45, 2.75) is 17.3 Å². The van der Waals surface area contributed by atoms with E-state index in [1.54, 1.807) is 0 Å². The van der Waals surface area contributed by atoms with Crippen molar-refractivity contribution in [3.8, 4) is 11.5 Å². The molecule has 0 fully saturated rings. The molecule has 0 aliphatic heterocycles. The van der Waals surface area contributed by atoms with Crippen LogP contribution in [-0.4, -0.2) is 21.3 Å². The average molecular weight is 415 g/mol. The van der Waals surface area contributed by atoms with Gasteiger partial charge in [0.15, 0.2) is 0 Å². The molecule has 0 amide bonds. The molecule has 0 aliphatic rings. The van der Waals surface area contributed by atoms with E-state index in [0.717, 1.165) is 24.3 Å². The van der Waals surface area contributed by atoms with Crippen LogP contribution in [0, 0.1) is 5.82 Å². The molecule has 2 aromatic carbocycles. The summed E-state index contributed by atoms with van der Waals surface area (Å²) >= 11 is 11.8. The molecule has 4 nitrogen and oxygen atoms in total. The summed E-state index contributed by atoms with van der Waals surface area (Å²) in [6.07, 6.45) is 0. The van der Waals surface area contributed by atoms with Gasteiger partial charge < -0.3 is 9.47 Å². The topological polar surface area (TPSA) is 52.6 Å². The maximum Gasteiger partial charge on any atom is 0.341 e. The highest BCUT2D eigenvalue weighted by atomic mass is 35.5. The molecule has 25 heavy (non-hydrogen) atoms. The molecule has 0 spiro atoms. The van der Waals surface area contributed by atoms with Crippen molar-refractivity contribution in [3.63, 3.8) is 0 Å². The lowest BCUT2D eigenvalue weighted by atomic mass is 10.2. The number of sulfone groups is 1. The van der Waals surface area contributed by atoms with Crippen molar-refractivity contribution >= 4 is 33.0 Å². The largest absolute Gasteiger partial charge is 0.456 e. The van der Waals surface area contributed by atoms with Crippen LogP contribution in [0.1, 0.15) is 5.56 Å². The molecule has 2 rings (SSSR count). The van der Waals surface area contributed by atoms with Crippen molar-refractivity contribution in [1.29, 1.82) is 0 Å². The molecule has 0 aliphatic carbocycles. The highest BCUT2D eigenvalue weighted by Crippen LogP contribution is 2.38.